The first-order valence-electron chi connectivity index (χ1n) is 5.90. The molecule has 2 aromatic carbocycles. The number of primary amides is 1. The fourth-order valence-corrected chi connectivity index (χ4v) is 2.11. The number of phenols is 1. The minimum absolute atomic E-state index is 0.138. The highest BCUT2D eigenvalue weighted by Gasteiger charge is 2.05. The van der Waals surface area contributed by atoms with E-state index in [4.69, 9.17) is 5.73 Å². The van der Waals surface area contributed by atoms with Crippen LogP contribution in [0.15, 0.2) is 45.9 Å². The lowest BCUT2D eigenvalue weighted by molar-refractivity contribution is 0.0999. The van der Waals surface area contributed by atoms with Crippen LogP contribution in [-0.4, -0.2) is 17.2 Å². The van der Waals surface area contributed by atoms with Gasteiger partial charge in [0.15, 0.2) is 0 Å². The van der Waals surface area contributed by atoms with Gasteiger partial charge in [-0.2, -0.15) is 0 Å². The van der Waals surface area contributed by atoms with E-state index in [2.05, 4.69) is 20.9 Å². The molecule has 0 heterocycles. The van der Waals surface area contributed by atoms with E-state index in [1.165, 1.54) is 6.21 Å². The molecular weight excluding hydrogens is 320 g/mol. The average Bonchev–Trinajstić information content (AvgIpc) is 2.41. The number of nitrogens with two attached hydrogens (primary N) is 1. The van der Waals surface area contributed by atoms with E-state index >= 15 is 0 Å². The van der Waals surface area contributed by atoms with E-state index in [9.17, 15) is 9.90 Å². The van der Waals surface area contributed by atoms with Gasteiger partial charge in [0, 0.05) is 21.8 Å². The van der Waals surface area contributed by atoms with Crippen LogP contribution in [0.3, 0.4) is 0 Å². The molecule has 102 valence electrons. The van der Waals surface area contributed by atoms with Crippen LogP contribution in [0, 0.1) is 6.92 Å². The van der Waals surface area contributed by atoms with Gasteiger partial charge in [0.25, 0.3) is 0 Å². The highest BCUT2D eigenvalue weighted by Crippen LogP contribution is 2.22. The number of amides is 1. The predicted octanol–water partition coefficient (Wildman–Crippen LogP) is 3.31. The summed E-state index contributed by atoms with van der Waals surface area (Å²) in [6, 6.07) is 10.3. The summed E-state index contributed by atoms with van der Waals surface area (Å²) in [6.45, 7) is 1.81. The maximum atomic E-state index is 11.3. The molecule has 2 aromatic rings. The van der Waals surface area contributed by atoms with Crippen LogP contribution in [0.5, 0.6) is 5.75 Å². The SMILES string of the molecule is Cc1ccc(N=Cc2cc(Br)ccc2O)cc1C(N)=O. The van der Waals surface area contributed by atoms with Gasteiger partial charge in [-0.15, -0.1) is 0 Å². The van der Waals surface area contributed by atoms with Gasteiger partial charge in [-0.05, 0) is 42.8 Å². The summed E-state index contributed by atoms with van der Waals surface area (Å²) in [7, 11) is 0. The Morgan fingerprint density at radius 2 is 2.05 bits per heavy atom. The third kappa shape index (κ3) is 3.24. The number of aromatic hydroxyl groups is 1. The Bertz CT molecular complexity index is 696. The van der Waals surface area contributed by atoms with Crippen LogP contribution in [0.25, 0.3) is 0 Å². The van der Waals surface area contributed by atoms with Crippen molar-refractivity contribution in [3.63, 3.8) is 0 Å². The van der Waals surface area contributed by atoms with Crippen LogP contribution in [0.4, 0.5) is 5.69 Å². The molecule has 0 aliphatic rings. The van der Waals surface area contributed by atoms with E-state index in [1.807, 2.05) is 6.92 Å². The van der Waals surface area contributed by atoms with Crippen molar-refractivity contribution in [3.05, 3.63) is 57.6 Å². The zero-order valence-electron chi connectivity index (χ0n) is 10.8. The lowest BCUT2D eigenvalue weighted by Crippen LogP contribution is -2.12. The van der Waals surface area contributed by atoms with Crippen molar-refractivity contribution < 1.29 is 9.90 Å². The summed E-state index contributed by atoms with van der Waals surface area (Å²) in [6.07, 6.45) is 1.54. The summed E-state index contributed by atoms with van der Waals surface area (Å²) in [5.74, 6) is -0.343. The number of aliphatic imine (C=N–C) groups is 1. The molecule has 0 unspecified atom stereocenters. The molecule has 0 saturated carbocycles. The van der Waals surface area contributed by atoms with E-state index in [-0.39, 0.29) is 5.75 Å². The Labute approximate surface area is 125 Å². The fourth-order valence-electron chi connectivity index (χ4n) is 1.73. The number of hydrogen-bond acceptors (Lipinski definition) is 3. The van der Waals surface area contributed by atoms with Crippen LogP contribution >= 0.6 is 15.9 Å². The summed E-state index contributed by atoms with van der Waals surface area (Å²) in [5.41, 5.74) is 7.73. The first-order chi connectivity index (χ1) is 9.47. The Hall–Kier alpha value is -2.14. The van der Waals surface area contributed by atoms with Crippen molar-refractivity contribution in [1.29, 1.82) is 0 Å². The van der Waals surface area contributed by atoms with E-state index in [1.54, 1.807) is 36.4 Å². The number of nitrogens with zero attached hydrogens (tertiary/aromatic N) is 1. The summed E-state index contributed by atoms with van der Waals surface area (Å²) in [4.78, 5) is 15.5. The fraction of sp³-hybridized carbons (Fsp3) is 0.0667. The van der Waals surface area contributed by atoms with Gasteiger partial charge in [0.2, 0.25) is 5.91 Å². The Morgan fingerprint density at radius 1 is 1.30 bits per heavy atom. The maximum Gasteiger partial charge on any atom is 0.249 e. The summed E-state index contributed by atoms with van der Waals surface area (Å²) >= 11 is 3.33. The number of carbonyl (C=O) groups excluding carboxylic acids is 1. The molecule has 0 bridgehead atoms. The molecule has 0 spiro atoms. The van der Waals surface area contributed by atoms with Crippen molar-refractivity contribution in [2.45, 2.75) is 6.92 Å². The lowest BCUT2D eigenvalue weighted by Gasteiger charge is -2.03. The van der Waals surface area contributed by atoms with Crippen LogP contribution in [0.2, 0.25) is 0 Å². The normalized spacial score (nSPS) is 10.9. The average molecular weight is 333 g/mol. The molecule has 20 heavy (non-hydrogen) atoms. The minimum Gasteiger partial charge on any atom is -0.507 e. The predicted molar refractivity (Wildman–Crippen MR) is 82.8 cm³/mol. The first kappa shape index (κ1) is 14.3. The third-order valence-electron chi connectivity index (χ3n) is 2.83. The van der Waals surface area contributed by atoms with Crippen molar-refractivity contribution >= 4 is 33.7 Å². The number of rotatable bonds is 3. The van der Waals surface area contributed by atoms with Crippen molar-refractivity contribution in [2.24, 2.45) is 10.7 Å². The quantitative estimate of drug-likeness (QED) is 0.846. The molecule has 1 amide bonds. The molecule has 5 heteroatoms. The number of phenolic OH excluding ortho intramolecular Hbond substituents is 1. The smallest absolute Gasteiger partial charge is 0.249 e. The number of aryl methyl sites for hydroxylation is 1. The molecule has 0 radical (unpaired) electrons. The van der Waals surface area contributed by atoms with Gasteiger partial charge in [-0.1, -0.05) is 22.0 Å². The highest BCUT2D eigenvalue weighted by molar-refractivity contribution is 9.10. The molecule has 0 saturated heterocycles. The van der Waals surface area contributed by atoms with E-state index < -0.39 is 5.91 Å². The zero-order chi connectivity index (χ0) is 14.7. The maximum absolute atomic E-state index is 11.3. The third-order valence-corrected chi connectivity index (χ3v) is 3.32. The van der Waals surface area contributed by atoms with Crippen LogP contribution in [-0.2, 0) is 0 Å². The molecule has 2 rings (SSSR count). The van der Waals surface area contributed by atoms with Gasteiger partial charge in [-0.3, -0.25) is 9.79 Å². The molecule has 0 aliphatic heterocycles. The highest BCUT2D eigenvalue weighted by atomic mass is 79.9. The standard InChI is InChI=1S/C15H13BrN2O2/c1-9-2-4-12(7-13(9)15(17)20)18-8-10-6-11(16)3-5-14(10)19/h2-8,19H,1H3,(H2,17,20). The molecule has 4 nitrogen and oxygen atoms in total. The van der Waals surface area contributed by atoms with Crippen molar-refractivity contribution in [1.82, 2.24) is 0 Å². The lowest BCUT2D eigenvalue weighted by atomic mass is 10.1. The topological polar surface area (TPSA) is 75.7 Å². The first-order valence-corrected chi connectivity index (χ1v) is 6.69. The van der Waals surface area contributed by atoms with Crippen molar-refractivity contribution in [2.75, 3.05) is 0 Å². The monoisotopic (exact) mass is 332 g/mol. The van der Waals surface area contributed by atoms with Gasteiger partial charge >= 0.3 is 0 Å². The number of hydrogen-bond donors (Lipinski definition) is 2. The molecule has 0 aliphatic carbocycles. The van der Waals surface area contributed by atoms with Gasteiger partial charge in [-0.25, -0.2) is 0 Å². The second-order valence-electron chi connectivity index (χ2n) is 4.32. The number of benzene rings is 2. The minimum atomic E-state index is -0.482. The van der Waals surface area contributed by atoms with E-state index in [0.29, 0.717) is 16.8 Å². The molecule has 0 atom stereocenters. The Balaban J connectivity index is 2.34. The molecule has 0 aromatic heterocycles. The summed E-state index contributed by atoms with van der Waals surface area (Å²) in [5, 5.41) is 9.71. The van der Waals surface area contributed by atoms with Crippen molar-refractivity contribution in [3.8, 4) is 5.75 Å². The second-order valence-corrected chi connectivity index (χ2v) is 5.24. The van der Waals surface area contributed by atoms with Crippen LogP contribution < -0.4 is 5.73 Å². The van der Waals surface area contributed by atoms with Gasteiger partial charge in [0.05, 0.1) is 5.69 Å². The molecule has 0 fully saturated rings. The molecule has 3 N–H and O–H groups in total. The van der Waals surface area contributed by atoms with Gasteiger partial charge in [0.1, 0.15) is 5.75 Å². The Morgan fingerprint density at radius 3 is 2.75 bits per heavy atom. The van der Waals surface area contributed by atoms with Crippen LogP contribution in [0.1, 0.15) is 21.5 Å². The van der Waals surface area contributed by atoms with E-state index in [0.717, 1.165) is 10.0 Å². The largest absolute Gasteiger partial charge is 0.507 e. The van der Waals surface area contributed by atoms with Gasteiger partial charge < -0.3 is 10.8 Å². The zero-order valence-corrected chi connectivity index (χ0v) is 12.4. The summed E-state index contributed by atoms with van der Waals surface area (Å²) < 4.78 is 0.846. The second kappa shape index (κ2) is 5.88. The number of carbonyl (C=O) groups is 1. The Kier molecular flexibility index (Phi) is 4.20. The number of halogens is 1. The molecular formula is C15H13BrN2O2.